The predicted molar refractivity (Wildman–Crippen MR) is 144 cm³/mol. The number of pyridine rings is 1. The second-order valence-corrected chi connectivity index (χ2v) is 12.3. The van der Waals surface area contributed by atoms with Crippen molar-refractivity contribution >= 4 is 50.2 Å². The summed E-state index contributed by atoms with van der Waals surface area (Å²) in [4.78, 5) is 31.4. The van der Waals surface area contributed by atoms with Crippen molar-refractivity contribution in [2.45, 2.75) is 29.9 Å². The first-order valence-corrected chi connectivity index (χ1v) is 14.7. The maximum atomic E-state index is 13.2. The van der Waals surface area contributed by atoms with Gasteiger partial charge in [0.1, 0.15) is 4.21 Å². The fourth-order valence-electron chi connectivity index (χ4n) is 4.84. The summed E-state index contributed by atoms with van der Waals surface area (Å²) in [5.41, 5.74) is 2.97. The molecule has 0 spiro atoms. The van der Waals surface area contributed by atoms with E-state index >= 15 is 0 Å². The van der Waals surface area contributed by atoms with Gasteiger partial charge in [-0.15, -0.1) is 11.3 Å². The van der Waals surface area contributed by atoms with Gasteiger partial charge < -0.3 is 15.5 Å². The lowest BCUT2D eigenvalue weighted by molar-refractivity contribution is -0.136. The number of hydrogen-bond acceptors (Lipinski definition) is 7. The average molecular weight is 540 g/mol. The summed E-state index contributed by atoms with van der Waals surface area (Å²) < 4.78 is 28.0. The molecule has 0 aliphatic carbocycles. The molecular formula is C26H29N5O4S2. The summed E-state index contributed by atoms with van der Waals surface area (Å²) >= 11 is 1.18. The van der Waals surface area contributed by atoms with Crippen LogP contribution in [-0.4, -0.2) is 51.4 Å². The van der Waals surface area contributed by atoms with Crippen molar-refractivity contribution in [1.82, 2.24) is 10.3 Å². The molecule has 2 aliphatic heterocycles. The number of amides is 2. The third-order valence-corrected chi connectivity index (χ3v) is 10.0. The van der Waals surface area contributed by atoms with Crippen LogP contribution in [0.1, 0.15) is 24.8 Å². The van der Waals surface area contributed by atoms with Crippen molar-refractivity contribution in [1.29, 1.82) is 0 Å². The van der Waals surface area contributed by atoms with Gasteiger partial charge >= 0.3 is 11.8 Å². The normalized spacial score (nSPS) is 16.2. The fourth-order valence-corrected chi connectivity index (χ4v) is 7.48. The Morgan fingerprint density at radius 1 is 1.03 bits per heavy atom. The van der Waals surface area contributed by atoms with Gasteiger partial charge in [0.15, 0.2) is 0 Å². The first kappa shape index (κ1) is 25.2. The molecule has 1 saturated heterocycles. The average Bonchev–Trinajstić information content (AvgIpc) is 3.48. The Bertz CT molecular complexity index is 1350. The molecule has 0 saturated carbocycles. The van der Waals surface area contributed by atoms with E-state index in [2.05, 4.69) is 20.5 Å². The molecule has 2 aliphatic rings. The highest BCUT2D eigenvalue weighted by Gasteiger charge is 2.30. The summed E-state index contributed by atoms with van der Waals surface area (Å²) in [6.07, 6.45) is 6.87. The minimum Gasteiger partial charge on any atom is -0.371 e. The lowest BCUT2D eigenvalue weighted by atomic mass is 9.96. The Labute approximate surface area is 220 Å². The zero-order chi connectivity index (χ0) is 25.8. The van der Waals surface area contributed by atoms with E-state index in [0.717, 1.165) is 43.6 Å². The number of nitrogens with zero attached hydrogens (tertiary/aromatic N) is 3. The molecule has 2 amide bonds. The van der Waals surface area contributed by atoms with Crippen LogP contribution in [0.4, 0.5) is 17.1 Å². The van der Waals surface area contributed by atoms with E-state index in [1.54, 1.807) is 42.0 Å². The van der Waals surface area contributed by atoms with Gasteiger partial charge in [0.2, 0.25) is 0 Å². The van der Waals surface area contributed by atoms with Crippen molar-refractivity contribution in [3.8, 4) is 0 Å². The first-order valence-electron chi connectivity index (χ1n) is 12.3. The van der Waals surface area contributed by atoms with E-state index in [0.29, 0.717) is 36.8 Å². The second-order valence-electron chi connectivity index (χ2n) is 9.26. The lowest BCUT2D eigenvalue weighted by Gasteiger charge is -2.33. The number of carbonyl (C=O) groups excluding carboxylic acids is 2. The number of thiophene rings is 1. The van der Waals surface area contributed by atoms with Gasteiger partial charge in [0.25, 0.3) is 10.0 Å². The molecule has 2 aromatic heterocycles. The number of anilines is 3. The number of aryl methyl sites for hydroxylation is 1. The van der Waals surface area contributed by atoms with Gasteiger partial charge in [-0.25, -0.2) is 8.42 Å². The number of piperidine rings is 1. The first-order chi connectivity index (χ1) is 17.9. The Balaban J connectivity index is 1.17. The summed E-state index contributed by atoms with van der Waals surface area (Å²) in [7, 11) is -3.68. The van der Waals surface area contributed by atoms with Gasteiger partial charge in [-0.3, -0.25) is 18.9 Å². The third kappa shape index (κ3) is 5.62. The molecule has 4 heterocycles. The van der Waals surface area contributed by atoms with Crippen molar-refractivity contribution in [3.63, 3.8) is 0 Å². The van der Waals surface area contributed by atoms with Gasteiger partial charge in [0.05, 0.1) is 5.69 Å². The van der Waals surface area contributed by atoms with Crippen LogP contribution in [0.3, 0.4) is 0 Å². The summed E-state index contributed by atoms with van der Waals surface area (Å²) in [6, 6.07) is 12.4. The van der Waals surface area contributed by atoms with Gasteiger partial charge in [-0.2, -0.15) is 0 Å². The third-order valence-electron chi connectivity index (χ3n) is 6.86. The van der Waals surface area contributed by atoms with E-state index in [4.69, 9.17) is 0 Å². The topological polar surface area (TPSA) is 112 Å². The van der Waals surface area contributed by atoms with E-state index in [1.165, 1.54) is 15.6 Å². The summed E-state index contributed by atoms with van der Waals surface area (Å²) in [5.74, 6) is -1.16. The molecule has 5 rings (SSSR count). The maximum absolute atomic E-state index is 13.2. The predicted octanol–water partition coefficient (Wildman–Crippen LogP) is 3.26. The minimum absolute atomic E-state index is 0.278. The molecule has 9 nitrogen and oxygen atoms in total. The molecule has 1 aromatic carbocycles. The Morgan fingerprint density at radius 2 is 1.81 bits per heavy atom. The Morgan fingerprint density at radius 3 is 2.54 bits per heavy atom. The number of hydrogen-bond donors (Lipinski definition) is 2. The van der Waals surface area contributed by atoms with E-state index < -0.39 is 21.8 Å². The molecule has 194 valence electrons. The zero-order valence-corrected chi connectivity index (χ0v) is 21.9. The molecule has 3 aromatic rings. The smallest absolute Gasteiger partial charge is 0.313 e. The van der Waals surface area contributed by atoms with Crippen LogP contribution in [-0.2, 0) is 26.0 Å². The van der Waals surface area contributed by atoms with Crippen LogP contribution in [0.5, 0.6) is 0 Å². The lowest BCUT2D eigenvalue weighted by Crippen LogP contribution is -2.42. The van der Waals surface area contributed by atoms with Crippen LogP contribution < -0.4 is 19.8 Å². The van der Waals surface area contributed by atoms with Crippen molar-refractivity contribution in [2.24, 2.45) is 5.92 Å². The number of aromatic nitrogens is 1. The van der Waals surface area contributed by atoms with Crippen LogP contribution in [0, 0.1) is 5.92 Å². The van der Waals surface area contributed by atoms with Crippen molar-refractivity contribution in [2.75, 3.05) is 40.7 Å². The number of nitrogens with one attached hydrogen (secondary N) is 2. The quantitative estimate of drug-likeness (QED) is 0.465. The second kappa shape index (κ2) is 10.9. The molecule has 37 heavy (non-hydrogen) atoms. The van der Waals surface area contributed by atoms with Crippen LogP contribution in [0.2, 0.25) is 0 Å². The van der Waals surface area contributed by atoms with Crippen LogP contribution in [0.25, 0.3) is 0 Å². The van der Waals surface area contributed by atoms with E-state index in [-0.39, 0.29) is 4.21 Å². The number of sulfonamides is 1. The molecule has 0 atom stereocenters. The molecule has 0 bridgehead atoms. The van der Waals surface area contributed by atoms with Crippen LogP contribution >= 0.6 is 11.3 Å². The molecule has 11 heteroatoms. The largest absolute Gasteiger partial charge is 0.371 e. The SMILES string of the molecule is O=C(NCC1CCN(c2ccncc2)CC1)C(=O)Nc1ccc2c(c1)N(S(=O)(=O)c1cccs1)CCC2. The number of rotatable bonds is 6. The maximum Gasteiger partial charge on any atom is 0.313 e. The number of carbonyl (C=O) groups is 2. The Kier molecular flexibility index (Phi) is 7.43. The summed E-state index contributed by atoms with van der Waals surface area (Å²) in [5, 5.41) is 7.12. The van der Waals surface area contributed by atoms with Crippen LogP contribution in [0.15, 0.2) is 64.4 Å². The minimum atomic E-state index is -3.68. The van der Waals surface area contributed by atoms with Gasteiger partial charge in [-0.1, -0.05) is 12.1 Å². The highest BCUT2D eigenvalue weighted by molar-refractivity contribution is 7.94. The molecule has 0 unspecified atom stereocenters. The monoisotopic (exact) mass is 539 g/mol. The molecule has 0 radical (unpaired) electrons. The van der Waals surface area contributed by atoms with Crippen molar-refractivity contribution in [3.05, 3.63) is 65.8 Å². The van der Waals surface area contributed by atoms with Crippen molar-refractivity contribution < 1.29 is 18.0 Å². The van der Waals surface area contributed by atoms with Gasteiger partial charge in [-0.05, 0) is 72.9 Å². The molecule has 2 N–H and O–H groups in total. The van der Waals surface area contributed by atoms with E-state index in [1.807, 2.05) is 18.2 Å². The standard InChI is InChI=1S/C26H29N5O4S2/c32-25(28-18-19-9-14-30(15-10-19)22-7-11-27-12-8-22)26(33)29-21-6-5-20-3-1-13-31(23(20)17-21)37(34,35)24-4-2-16-36-24/h2,4-8,11-12,16-17,19H,1,3,9-10,13-15,18H2,(H,28,32)(H,29,33). The highest BCUT2D eigenvalue weighted by Crippen LogP contribution is 2.35. The number of fused-ring (bicyclic) bond motifs is 1. The fraction of sp³-hybridized carbons (Fsp3) is 0.346. The number of benzene rings is 1. The summed E-state index contributed by atoms with van der Waals surface area (Å²) in [6.45, 7) is 2.58. The van der Waals surface area contributed by atoms with Gasteiger partial charge in [0, 0.05) is 49.9 Å². The molecule has 1 fully saturated rings. The highest BCUT2D eigenvalue weighted by atomic mass is 32.2. The Hall–Kier alpha value is -3.44. The zero-order valence-electron chi connectivity index (χ0n) is 20.3. The molecular weight excluding hydrogens is 510 g/mol. The van der Waals surface area contributed by atoms with E-state index in [9.17, 15) is 18.0 Å².